The van der Waals surface area contributed by atoms with Crippen molar-refractivity contribution in [1.29, 1.82) is 0 Å². The van der Waals surface area contributed by atoms with Crippen LogP contribution in [0.3, 0.4) is 0 Å². The predicted octanol–water partition coefficient (Wildman–Crippen LogP) is 3.58. The maximum Gasteiger partial charge on any atom is 0.271 e. The number of benzene rings is 2. The molecule has 2 heterocycles. The number of carbonyl (C=O) groups is 1. The Morgan fingerprint density at radius 3 is 2.72 bits per heavy atom. The highest BCUT2D eigenvalue weighted by Crippen LogP contribution is 2.22. The quantitative estimate of drug-likeness (QED) is 0.608. The van der Waals surface area contributed by atoms with Crippen LogP contribution < -0.4 is 5.32 Å². The fraction of sp³-hybridized carbons (Fsp3) is 0.111. The molecule has 0 aliphatic rings. The van der Waals surface area contributed by atoms with Gasteiger partial charge in [-0.15, -0.1) is 0 Å². The normalized spacial score (nSPS) is 10.9. The highest BCUT2D eigenvalue weighted by Gasteiger charge is 2.13. The number of amides is 1. The third-order valence-electron chi connectivity index (χ3n) is 3.79. The van der Waals surface area contributed by atoms with Crippen LogP contribution in [0.5, 0.6) is 0 Å². The predicted molar refractivity (Wildman–Crippen MR) is 95.3 cm³/mol. The maximum absolute atomic E-state index is 12.4. The molecule has 25 heavy (non-hydrogen) atoms. The van der Waals surface area contributed by atoms with Gasteiger partial charge in [0.2, 0.25) is 11.7 Å². The molecule has 0 unspecified atom stereocenters. The Balaban J connectivity index is 1.45. The molecule has 0 radical (unpaired) electrons. The number of hydrogen-bond acceptors (Lipinski definition) is 6. The van der Waals surface area contributed by atoms with Gasteiger partial charge in [0.05, 0.1) is 4.70 Å². The smallest absolute Gasteiger partial charge is 0.271 e. The lowest BCUT2D eigenvalue weighted by molar-refractivity contribution is 0.0948. The first-order valence-electron chi connectivity index (χ1n) is 7.73. The average Bonchev–Trinajstić information content (AvgIpc) is 3.26. The first-order chi connectivity index (χ1) is 12.2. The number of nitrogens with zero attached hydrogens (tertiary/aromatic N) is 3. The lowest BCUT2D eigenvalue weighted by atomic mass is 10.1. The molecule has 0 fully saturated rings. The van der Waals surface area contributed by atoms with Crippen molar-refractivity contribution in [1.82, 2.24) is 19.8 Å². The van der Waals surface area contributed by atoms with Gasteiger partial charge in [0, 0.05) is 24.4 Å². The molecule has 1 N–H and O–H groups in total. The molecule has 4 aromatic rings. The van der Waals surface area contributed by atoms with Gasteiger partial charge in [0.1, 0.15) is 5.69 Å². The molecule has 0 bridgehead atoms. The van der Waals surface area contributed by atoms with Gasteiger partial charge in [0.25, 0.3) is 5.91 Å². The standard InChI is InChI=1S/C18H14N4O2S/c1-11-20-17(21-24-11)13-8-6-12(7-9-13)10-19-18(23)16-14-4-2-3-5-15(14)25-22-16/h2-9H,10H2,1H3,(H,19,23). The molecule has 0 aliphatic heterocycles. The van der Waals surface area contributed by atoms with Crippen LogP contribution >= 0.6 is 11.5 Å². The Hall–Kier alpha value is -3.06. The largest absolute Gasteiger partial charge is 0.347 e. The zero-order valence-corrected chi connectivity index (χ0v) is 14.2. The Morgan fingerprint density at radius 1 is 1.16 bits per heavy atom. The minimum atomic E-state index is -0.171. The summed E-state index contributed by atoms with van der Waals surface area (Å²) >= 11 is 1.33. The topological polar surface area (TPSA) is 80.9 Å². The van der Waals surface area contributed by atoms with Gasteiger partial charge >= 0.3 is 0 Å². The van der Waals surface area contributed by atoms with Gasteiger partial charge in [-0.05, 0) is 23.2 Å². The van der Waals surface area contributed by atoms with E-state index in [1.54, 1.807) is 6.92 Å². The molecule has 0 spiro atoms. The van der Waals surface area contributed by atoms with Crippen LogP contribution in [-0.4, -0.2) is 20.4 Å². The Labute approximate surface area is 147 Å². The second-order valence-electron chi connectivity index (χ2n) is 5.54. The number of hydrogen-bond donors (Lipinski definition) is 1. The van der Waals surface area contributed by atoms with Crippen LogP contribution in [0.25, 0.3) is 21.5 Å². The van der Waals surface area contributed by atoms with Crippen molar-refractivity contribution in [3.05, 3.63) is 65.7 Å². The van der Waals surface area contributed by atoms with E-state index in [9.17, 15) is 4.79 Å². The number of aryl methyl sites for hydroxylation is 1. The number of fused-ring (bicyclic) bond motifs is 1. The van der Waals surface area contributed by atoms with Crippen molar-refractivity contribution in [2.75, 3.05) is 0 Å². The SMILES string of the molecule is Cc1nc(-c2ccc(CNC(=O)c3nsc4ccccc34)cc2)no1. The van der Waals surface area contributed by atoms with Crippen LogP contribution in [0.4, 0.5) is 0 Å². The molecule has 4 rings (SSSR count). The molecule has 0 saturated heterocycles. The Morgan fingerprint density at radius 2 is 1.96 bits per heavy atom. The monoisotopic (exact) mass is 350 g/mol. The van der Waals surface area contributed by atoms with E-state index < -0.39 is 0 Å². The third kappa shape index (κ3) is 3.14. The van der Waals surface area contributed by atoms with Gasteiger partial charge in [-0.1, -0.05) is 47.6 Å². The first kappa shape index (κ1) is 15.5. The lowest BCUT2D eigenvalue weighted by Gasteiger charge is -2.04. The highest BCUT2D eigenvalue weighted by molar-refractivity contribution is 7.13. The van der Waals surface area contributed by atoms with Gasteiger partial charge in [-0.25, -0.2) is 0 Å². The van der Waals surface area contributed by atoms with Crippen molar-refractivity contribution in [2.45, 2.75) is 13.5 Å². The second kappa shape index (κ2) is 6.45. The molecule has 2 aromatic heterocycles. The Bertz CT molecular complexity index is 1040. The highest BCUT2D eigenvalue weighted by atomic mass is 32.1. The number of aromatic nitrogens is 3. The van der Waals surface area contributed by atoms with E-state index in [-0.39, 0.29) is 5.91 Å². The van der Waals surface area contributed by atoms with Crippen molar-refractivity contribution in [3.8, 4) is 11.4 Å². The van der Waals surface area contributed by atoms with Crippen molar-refractivity contribution < 1.29 is 9.32 Å². The van der Waals surface area contributed by atoms with E-state index in [0.29, 0.717) is 24.0 Å². The second-order valence-corrected chi connectivity index (χ2v) is 6.35. The zero-order chi connectivity index (χ0) is 17.2. The van der Waals surface area contributed by atoms with E-state index >= 15 is 0 Å². The number of rotatable bonds is 4. The van der Waals surface area contributed by atoms with Crippen LogP contribution in [0.15, 0.2) is 53.1 Å². The molecule has 0 saturated carbocycles. The van der Waals surface area contributed by atoms with Gasteiger partial charge < -0.3 is 9.84 Å². The fourth-order valence-electron chi connectivity index (χ4n) is 2.50. The molecular formula is C18H14N4O2S. The number of nitrogens with one attached hydrogen (secondary N) is 1. The molecule has 7 heteroatoms. The summed E-state index contributed by atoms with van der Waals surface area (Å²) in [6, 6.07) is 15.4. The van der Waals surface area contributed by atoms with E-state index in [4.69, 9.17) is 4.52 Å². The summed E-state index contributed by atoms with van der Waals surface area (Å²) in [5.74, 6) is 0.916. The van der Waals surface area contributed by atoms with Crippen LogP contribution in [0, 0.1) is 6.92 Å². The number of carbonyl (C=O) groups excluding carboxylic acids is 1. The first-order valence-corrected chi connectivity index (χ1v) is 8.50. The molecule has 2 aromatic carbocycles. The van der Waals surface area contributed by atoms with Crippen LogP contribution in [0.1, 0.15) is 21.9 Å². The summed E-state index contributed by atoms with van der Waals surface area (Å²) in [7, 11) is 0. The van der Waals surface area contributed by atoms with Crippen LogP contribution in [-0.2, 0) is 6.54 Å². The summed E-state index contributed by atoms with van der Waals surface area (Å²) in [5, 5.41) is 7.68. The van der Waals surface area contributed by atoms with Crippen molar-refractivity contribution in [3.63, 3.8) is 0 Å². The van der Waals surface area contributed by atoms with Gasteiger partial charge in [-0.2, -0.15) is 9.36 Å². The van der Waals surface area contributed by atoms with E-state index in [0.717, 1.165) is 21.2 Å². The van der Waals surface area contributed by atoms with Crippen molar-refractivity contribution >= 4 is 27.5 Å². The minimum absolute atomic E-state index is 0.171. The molecule has 124 valence electrons. The molecule has 1 amide bonds. The molecular weight excluding hydrogens is 336 g/mol. The van der Waals surface area contributed by atoms with E-state index in [1.165, 1.54) is 11.5 Å². The zero-order valence-electron chi connectivity index (χ0n) is 13.4. The summed E-state index contributed by atoms with van der Waals surface area (Å²) in [6.45, 7) is 2.18. The van der Waals surface area contributed by atoms with E-state index in [2.05, 4.69) is 19.8 Å². The molecule has 6 nitrogen and oxygen atoms in total. The fourth-order valence-corrected chi connectivity index (χ4v) is 3.28. The average molecular weight is 350 g/mol. The summed E-state index contributed by atoms with van der Waals surface area (Å²) in [5.41, 5.74) is 2.33. The molecule has 0 aliphatic carbocycles. The Kier molecular flexibility index (Phi) is 3.99. The molecule has 0 atom stereocenters. The van der Waals surface area contributed by atoms with Crippen molar-refractivity contribution in [2.24, 2.45) is 0 Å². The van der Waals surface area contributed by atoms with Gasteiger partial charge in [0.15, 0.2) is 0 Å². The summed E-state index contributed by atoms with van der Waals surface area (Å²) in [4.78, 5) is 16.6. The van der Waals surface area contributed by atoms with Gasteiger partial charge in [-0.3, -0.25) is 4.79 Å². The van der Waals surface area contributed by atoms with Crippen LogP contribution in [0.2, 0.25) is 0 Å². The lowest BCUT2D eigenvalue weighted by Crippen LogP contribution is -2.23. The minimum Gasteiger partial charge on any atom is -0.347 e. The van der Waals surface area contributed by atoms with E-state index in [1.807, 2.05) is 48.5 Å². The summed E-state index contributed by atoms with van der Waals surface area (Å²) < 4.78 is 10.3. The third-order valence-corrected chi connectivity index (χ3v) is 4.61. The summed E-state index contributed by atoms with van der Waals surface area (Å²) in [6.07, 6.45) is 0. The maximum atomic E-state index is 12.4.